The number of carbonyl (C=O) groups excluding carboxylic acids is 1. The molecule has 1 aromatic rings. The van der Waals surface area contributed by atoms with Crippen LogP contribution >= 0.6 is 0 Å². The van der Waals surface area contributed by atoms with Crippen LogP contribution in [0.3, 0.4) is 0 Å². The van der Waals surface area contributed by atoms with Crippen LogP contribution in [-0.2, 0) is 4.79 Å². The number of hydrogen-bond donors (Lipinski definition) is 3. The zero-order chi connectivity index (χ0) is 16.2. The first-order valence-corrected chi connectivity index (χ1v) is 7.05. The van der Waals surface area contributed by atoms with E-state index in [1.807, 2.05) is 32.9 Å². The number of anilines is 1. The van der Waals surface area contributed by atoms with Crippen LogP contribution in [0.15, 0.2) is 12.1 Å². The molecule has 3 N–H and O–H groups in total. The van der Waals surface area contributed by atoms with Crippen molar-refractivity contribution in [1.82, 2.24) is 5.32 Å². The van der Waals surface area contributed by atoms with Gasteiger partial charge in [-0.1, -0.05) is 24.6 Å². The topological polar surface area (TPSA) is 78.4 Å². The maximum atomic E-state index is 12.0. The summed E-state index contributed by atoms with van der Waals surface area (Å²) in [6.45, 7) is 9.38. The van der Waals surface area contributed by atoms with Gasteiger partial charge in [0.25, 0.3) is 0 Å². The van der Waals surface area contributed by atoms with E-state index in [1.165, 1.54) is 0 Å². The molecule has 0 spiro atoms. The van der Waals surface area contributed by atoms with Crippen molar-refractivity contribution >= 4 is 17.7 Å². The van der Waals surface area contributed by atoms with Gasteiger partial charge in [0, 0.05) is 12.2 Å². The number of hydrogen-bond acceptors (Lipinski definition) is 2. The summed E-state index contributed by atoms with van der Waals surface area (Å²) in [6.07, 6.45) is 0.450. The van der Waals surface area contributed by atoms with E-state index in [9.17, 15) is 14.7 Å². The number of urea groups is 1. The molecule has 0 radical (unpaired) electrons. The summed E-state index contributed by atoms with van der Waals surface area (Å²) in [5.41, 5.74) is 2.93. The van der Waals surface area contributed by atoms with Crippen molar-refractivity contribution in [3.8, 4) is 0 Å². The summed E-state index contributed by atoms with van der Waals surface area (Å²) in [7, 11) is 0. The van der Waals surface area contributed by atoms with E-state index in [0.717, 1.165) is 22.4 Å². The second-order valence-electron chi connectivity index (χ2n) is 5.80. The van der Waals surface area contributed by atoms with Crippen molar-refractivity contribution in [2.75, 3.05) is 11.9 Å². The minimum atomic E-state index is -0.950. The normalized spacial score (nSPS) is 13.4. The Kier molecular flexibility index (Phi) is 5.35. The highest BCUT2D eigenvalue weighted by atomic mass is 16.4. The number of amides is 2. The van der Waals surface area contributed by atoms with E-state index < -0.39 is 11.4 Å². The zero-order valence-electron chi connectivity index (χ0n) is 13.3. The Morgan fingerprint density at radius 2 is 1.71 bits per heavy atom. The average Bonchev–Trinajstić information content (AvgIpc) is 2.39. The molecule has 1 rings (SSSR count). The van der Waals surface area contributed by atoms with E-state index in [2.05, 4.69) is 10.6 Å². The van der Waals surface area contributed by atoms with E-state index >= 15 is 0 Å². The highest BCUT2D eigenvalue weighted by Crippen LogP contribution is 2.22. The smallest absolute Gasteiger partial charge is 0.319 e. The molecule has 1 unspecified atom stereocenters. The lowest BCUT2D eigenvalue weighted by atomic mass is 9.88. The molecule has 0 aliphatic heterocycles. The molecule has 0 saturated carbocycles. The lowest BCUT2D eigenvalue weighted by molar-refractivity contribution is -0.147. The molecule has 5 nitrogen and oxygen atoms in total. The van der Waals surface area contributed by atoms with Crippen molar-refractivity contribution in [1.29, 1.82) is 0 Å². The Morgan fingerprint density at radius 3 is 2.14 bits per heavy atom. The minimum absolute atomic E-state index is 0.0919. The monoisotopic (exact) mass is 292 g/mol. The Labute approximate surface area is 125 Å². The molecule has 0 aliphatic rings. The molecule has 0 fully saturated rings. The fourth-order valence-corrected chi connectivity index (χ4v) is 2.16. The number of aliphatic carboxylic acids is 1. The van der Waals surface area contributed by atoms with Crippen LogP contribution in [0.2, 0.25) is 0 Å². The second-order valence-corrected chi connectivity index (χ2v) is 5.80. The Bertz CT molecular complexity index is 531. The molecule has 2 amide bonds. The van der Waals surface area contributed by atoms with E-state index in [-0.39, 0.29) is 12.6 Å². The van der Waals surface area contributed by atoms with Crippen LogP contribution in [0.1, 0.15) is 37.0 Å². The number of nitrogens with one attached hydrogen (secondary N) is 2. The van der Waals surface area contributed by atoms with Gasteiger partial charge < -0.3 is 15.7 Å². The van der Waals surface area contributed by atoms with Gasteiger partial charge in [-0.05, 0) is 45.2 Å². The number of rotatable bonds is 5. The fourth-order valence-electron chi connectivity index (χ4n) is 2.16. The molecule has 0 aliphatic carbocycles. The SMILES string of the molecule is CCC(C)(CNC(=O)Nc1c(C)cc(C)cc1C)C(=O)O. The van der Waals surface area contributed by atoms with Gasteiger partial charge in [-0.2, -0.15) is 0 Å². The molecule has 0 bridgehead atoms. The first-order chi connectivity index (χ1) is 9.69. The van der Waals surface area contributed by atoms with Gasteiger partial charge in [0.2, 0.25) is 0 Å². The highest BCUT2D eigenvalue weighted by molar-refractivity contribution is 5.91. The van der Waals surface area contributed by atoms with Gasteiger partial charge in [0.05, 0.1) is 5.41 Å². The first-order valence-electron chi connectivity index (χ1n) is 7.05. The van der Waals surface area contributed by atoms with Gasteiger partial charge in [-0.3, -0.25) is 4.79 Å². The summed E-state index contributed by atoms with van der Waals surface area (Å²) >= 11 is 0. The largest absolute Gasteiger partial charge is 0.481 e. The number of aryl methyl sites for hydroxylation is 3. The Morgan fingerprint density at radius 1 is 1.19 bits per heavy atom. The van der Waals surface area contributed by atoms with Gasteiger partial charge in [-0.15, -0.1) is 0 Å². The van der Waals surface area contributed by atoms with Crippen LogP contribution in [-0.4, -0.2) is 23.7 Å². The van der Waals surface area contributed by atoms with E-state index in [0.29, 0.717) is 6.42 Å². The molecular weight excluding hydrogens is 268 g/mol. The van der Waals surface area contributed by atoms with Gasteiger partial charge >= 0.3 is 12.0 Å². The molecule has 0 heterocycles. The van der Waals surface area contributed by atoms with E-state index in [1.54, 1.807) is 13.8 Å². The second kappa shape index (κ2) is 6.61. The van der Waals surface area contributed by atoms with Crippen LogP contribution in [0.4, 0.5) is 10.5 Å². The molecule has 0 saturated heterocycles. The van der Waals surface area contributed by atoms with Crippen LogP contribution < -0.4 is 10.6 Å². The lowest BCUT2D eigenvalue weighted by Gasteiger charge is -2.23. The molecule has 1 aromatic carbocycles. The van der Waals surface area contributed by atoms with Crippen molar-refractivity contribution in [2.45, 2.75) is 41.0 Å². The van der Waals surface area contributed by atoms with Crippen molar-refractivity contribution in [3.05, 3.63) is 28.8 Å². The van der Waals surface area contributed by atoms with Crippen LogP contribution in [0.5, 0.6) is 0 Å². The van der Waals surface area contributed by atoms with Gasteiger partial charge in [0.1, 0.15) is 0 Å². The summed E-state index contributed by atoms with van der Waals surface area (Å²) < 4.78 is 0. The molecule has 1 atom stereocenters. The van der Waals surface area contributed by atoms with Crippen molar-refractivity contribution < 1.29 is 14.7 Å². The van der Waals surface area contributed by atoms with Gasteiger partial charge in [0.15, 0.2) is 0 Å². The third-order valence-electron chi connectivity index (χ3n) is 3.85. The van der Waals surface area contributed by atoms with E-state index in [4.69, 9.17) is 0 Å². The first kappa shape index (κ1) is 17.0. The number of carboxylic acid groups (broad SMARTS) is 1. The fraction of sp³-hybridized carbons (Fsp3) is 0.500. The van der Waals surface area contributed by atoms with Crippen molar-refractivity contribution in [2.24, 2.45) is 5.41 Å². The Balaban J connectivity index is 2.73. The maximum absolute atomic E-state index is 12.0. The number of carboxylic acids is 1. The predicted octanol–water partition coefficient (Wildman–Crippen LogP) is 3.23. The molecular formula is C16H24N2O3. The molecule has 5 heteroatoms. The summed E-state index contributed by atoms with van der Waals surface area (Å²) in [5.74, 6) is -0.909. The summed E-state index contributed by atoms with van der Waals surface area (Å²) in [5, 5.41) is 14.6. The standard InChI is InChI=1S/C16H24N2O3/c1-6-16(5,14(19)20)9-17-15(21)18-13-11(3)7-10(2)8-12(13)4/h7-8H,6,9H2,1-5H3,(H,19,20)(H2,17,18,21). The highest BCUT2D eigenvalue weighted by Gasteiger charge is 2.31. The quantitative estimate of drug-likeness (QED) is 0.779. The predicted molar refractivity (Wildman–Crippen MR) is 83.7 cm³/mol. The minimum Gasteiger partial charge on any atom is -0.481 e. The zero-order valence-corrected chi connectivity index (χ0v) is 13.3. The summed E-state index contributed by atoms with van der Waals surface area (Å²) in [4.78, 5) is 23.2. The third-order valence-corrected chi connectivity index (χ3v) is 3.85. The molecule has 0 aromatic heterocycles. The molecule has 116 valence electrons. The molecule has 21 heavy (non-hydrogen) atoms. The number of benzene rings is 1. The Hall–Kier alpha value is -2.04. The van der Waals surface area contributed by atoms with Crippen LogP contribution in [0.25, 0.3) is 0 Å². The third kappa shape index (κ3) is 4.21. The average molecular weight is 292 g/mol. The number of carbonyl (C=O) groups is 2. The maximum Gasteiger partial charge on any atom is 0.319 e. The lowest BCUT2D eigenvalue weighted by Crippen LogP contribution is -2.42. The summed E-state index contributed by atoms with van der Waals surface area (Å²) in [6, 6.07) is 3.61. The van der Waals surface area contributed by atoms with Crippen molar-refractivity contribution in [3.63, 3.8) is 0 Å². The van der Waals surface area contributed by atoms with Crippen LogP contribution in [0, 0.1) is 26.2 Å². The van der Waals surface area contributed by atoms with Gasteiger partial charge in [-0.25, -0.2) is 4.79 Å².